The van der Waals surface area contributed by atoms with Crippen LogP contribution in [0.1, 0.15) is 60.8 Å². The van der Waals surface area contributed by atoms with Crippen molar-refractivity contribution < 1.29 is 9.53 Å². The van der Waals surface area contributed by atoms with Crippen molar-refractivity contribution in [1.29, 1.82) is 0 Å². The molecule has 1 heterocycles. The third-order valence-corrected chi connectivity index (χ3v) is 5.09. The van der Waals surface area contributed by atoms with E-state index < -0.39 is 5.60 Å². The van der Waals surface area contributed by atoms with E-state index >= 15 is 0 Å². The van der Waals surface area contributed by atoms with Crippen LogP contribution in [0.3, 0.4) is 0 Å². The van der Waals surface area contributed by atoms with Gasteiger partial charge in [-0.15, -0.1) is 0 Å². The molecule has 0 bridgehead atoms. The molecule has 1 aliphatic heterocycles. The Hall–Kier alpha value is -0.370. The van der Waals surface area contributed by atoms with E-state index in [9.17, 15) is 4.79 Å². The van der Waals surface area contributed by atoms with Gasteiger partial charge in [-0.1, -0.05) is 48.0 Å². The van der Waals surface area contributed by atoms with Crippen LogP contribution in [0, 0.1) is 16.2 Å². The molecule has 2 nitrogen and oxygen atoms in total. The number of hydrogen-bond acceptors (Lipinski definition) is 2. The molecule has 1 spiro atoms. The van der Waals surface area contributed by atoms with E-state index in [-0.39, 0.29) is 16.2 Å². The normalized spacial score (nSPS) is 38.6. The van der Waals surface area contributed by atoms with Crippen molar-refractivity contribution in [2.75, 3.05) is 6.61 Å². The highest BCUT2D eigenvalue weighted by Crippen LogP contribution is 2.60. The molecule has 1 atom stereocenters. The molecule has 1 unspecified atom stereocenters. The Morgan fingerprint density at radius 2 is 1.53 bits per heavy atom. The fourth-order valence-corrected chi connectivity index (χ4v) is 4.04. The SMILES string of the molecule is CC1(C)CCCC(C)(C)C2(OCC2(C)C)C1=O. The summed E-state index contributed by atoms with van der Waals surface area (Å²) < 4.78 is 5.97. The van der Waals surface area contributed by atoms with Crippen molar-refractivity contribution >= 4 is 5.78 Å². The molecule has 1 saturated carbocycles. The molecular formula is C15H26O2. The molecule has 0 N–H and O–H groups in total. The Morgan fingerprint density at radius 1 is 0.941 bits per heavy atom. The lowest BCUT2D eigenvalue weighted by molar-refractivity contribution is -0.286. The molecule has 0 aromatic rings. The van der Waals surface area contributed by atoms with Gasteiger partial charge in [0.1, 0.15) is 5.60 Å². The van der Waals surface area contributed by atoms with Crippen molar-refractivity contribution in [2.45, 2.75) is 66.4 Å². The number of Topliss-reactive ketones (excluding diaryl/α,β-unsaturated/α-hetero) is 1. The van der Waals surface area contributed by atoms with Gasteiger partial charge < -0.3 is 4.74 Å². The maximum atomic E-state index is 13.0. The van der Waals surface area contributed by atoms with Crippen molar-refractivity contribution in [3.8, 4) is 0 Å². The fourth-order valence-electron chi connectivity index (χ4n) is 4.04. The van der Waals surface area contributed by atoms with Crippen molar-refractivity contribution in [3.63, 3.8) is 0 Å². The van der Waals surface area contributed by atoms with Crippen LogP contribution in [0.15, 0.2) is 0 Å². The molecule has 2 aliphatic rings. The summed E-state index contributed by atoms with van der Waals surface area (Å²) in [6, 6.07) is 0. The van der Waals surface area contributed by atoms with Gasteiger partial charge in [-0.05, 0) is 12.8 Å². The first-order valence-electron chi connectivity index (χ1n) is 6.76. The lowest BCUT2D eigenvalue weighted by Gasteiger charge is -2.62. The lowest BCUT2D eigenvalue weighted by Crippen LogP contribution is -2.73. The Labute approximate surface area is 105 Å². The molecule has 2 heteroatoms. The maximum absolute atomic E-state index is 13.0. The van der Waals surface area contributed by atoms with E-state index in [1.165, 1.54) is 0 Å². The number of hydrogen-bond donors (Lipinski definition) is 0. The van der Waals surface area contributed by atoms with Crippen molar-refractivity contribution in [2.24, 2.45) is 16.2 Å². The lowest BCUT2D eigenvalue weighted by atomic mass is 9.53. The highest BCUT2D eigenvalue weighted by atomic mass is 16.5. The minimum atomic E-state index is -0.569. The van der Waals surface area contributed by atoms with Crippen LogP contribution in [0.25, 0.3) is 0 Å². The first-order valence-corrected chi connectivity index (χ1v) is 6.76. The minimum Gasteiger partial charge on any atom is -0.365 e. The summed E-state index contributed by atoms with van der Waals surface area (Å²) in [5.41, 5.74) is -0.903. The zero-order valence-corrected chi connectivity index (χ0v) is 12.1. The average Bonchev–Trinajstić information content (AvgIpc) is 2.21. The summed E-state index contributed by atoms with van der Waals surface area (Å²) in [4.78, 5) is 13.0. The first-order chi connectivity index (χ1) is 7.57. The molecule has 2 fully saturated rings. The van der Waals surface area contributed by atoms with Crippen LogP contribution in [-0.4, -0.2) is 18.0 Å². The monoisotopic (exact) mass is 238 g/mol. The van der Waals surface area contributed by atoms with E-state index in [4.69, 9.17) is 4.74 Å². The molecule has 0 amide bonds. The predicted molar refractivity (Wildman–Crippen MR) is 68.9 cm³/mol. The largest absolute Gasteiger partial charge is 0.365 e. The molecule has 0 aromatic carbocycles. The van der Waals surface area contributed by atoms with Crippen molar-refractivity contribution in [3.05, 3.63) is 0 Å². The topological polar surface area (TPSA) is 26.3 Å². The molecular weight excluding hydrogens is 212 g/mol. The summed E-state index contributed by atoms with van der Waals surface area (Å²) in [6.07, 6.45) is 3.18. The number of carbonyl (C=O) groups is 1. The van der Waals surface area contributed by atoms with Gasteiger partial charge >= 0.3 is 0 Å². The Balaban J connectivity index is 2.54. The zero-order chi connectivity index (χ0) is 13.1. The summed E-state index contributed by atoms with van der Waals surface area (Å²) >= 11 is 0. The van der Waals surface area contributed by atoms with Crippen LogP contribution >= 0.6 is 0 Å². The molecule has 98 valence electrons. The van der Waals surface area contributed by atoms with E-state index in [1.54, 1.807) is 0 Å². The third-order valence-electron chi connectivity index (χ3n) is 5.09. The van der Waals surface area contributed by atoms with Crippen LogP contribution in [0.2, 0.25) is 0 Å². The van der Waals surface area contributed by atoms with Gasteiger partial charge in [-0.25, -0.2) is 0 Å². The number of rotatable bonds is 0. The smallest absolute Gasteiger partial charge is 0.171 e. The van der Waals surface area contributed by atoms with Crippen LogP contribution in [0.5, 0.6) is 0 Å². The zero-order valence-electron chi connectivity index (χ0n) is 12.1. The molecule has 0 aromatic heterocycles. The highest BCUT2D eigenvalue weighted by molar-refractivity contribution is 5.95. The molecule has 1 saturated heterocycles. The summed E-state index contributed by atoms with van der Waals surface area (Å²) in [5, 5.41) is 0. The molecule has 17 heavy (non-hydrogen) atoms. The van der Waals surface area contributed by atoms with E-state index in [0.29, 0.717) is 12.4 Å². The Morgan fingerprint density at radius 3 is 1.94 bits per heavy atom. The van der Waals surface area contributed by atoms with E-state index in [0.717, 1.165) is 19.3 Å². The Bertz CT molecular complexity index is 352. The molecule has 2 rings (SSSR count). The van der Waals surface area contributed by atoms with Gasteiger partial charge in [0.15, 0.2) is 5.78 Å². The Kier molecular flexibility index (Phi) is 2.57. The summed E-state index contributed by atoms with van der Waals surface area (Å²) in [5.74, 6) is 0.323. The fraction of sp³-hybridized carbons (Fsp3) is 0.933. The van der Waals surface area contributed by atoms with Gasteiger partial charge in [-0.2, -0.15) is 0 Å². The summed E-state index contributed by atoms with van der Waals surface area (Å²) in [6.45, 7) is 13.6. The van der Waals surface area contributed by atoms with Gasteiger partial charge in [0, 0.05) is 16.2 Å². The van der Waals surface area contributed by atoms with E-state index in [1.807, 2.05) is 0 Å². The second kappa shape index (κ2) is 3.34. The van der Waals surface area contributed by atoms with Gasteiger partial charge in [0.25, 0.3) is 0 Å². The van der Waals surface area contributed by atoms with Crippen molar-refractivity contribution in [1.82, 2.24) is 0 Å². The quantitative estimate of drug-likeness (QED) is 0.644. The van der Waals surface area contributed by atoms with Gasteiger partial charge in [0.05, 0.1) is 6.61 Å². The van der Waals surface area contributed by atoms with Crippen LogP contribution < -0.4 is 0 Å². The standard InChI is InChI=1S/C15H26O2/c1-12(2)8-7-9-13(3,4)15(11(12)16)14(5,6)10-17-15/h7-10H2,1-6H3. The number of ether oxygens (including phenoxy) is 1. The maximum Gasteiger partial charge on any atom is 0.171 e. The molecule has 1 aliphatic carbocycles. The molecule has 0 radical (unpaired) electrons. The highest BCUT2D eigenvalue weighted by Gasteiger charge is 2.69. The van der Waals surface area contributed by atoms with E-state index in [2.05, 4.69) is 41.5 Å². The summed E-state index contributed by atoms with van der Waals surface area (Å²) in [7, 11) is 0. The number of carbonyl (C=O) groups excluding carboxylic acids is 1. The third kappa shape index (κ3) is 1.46. The van der Waals surface area contributed by atoms with Gasteiger partial charge in [-0.3, -0.25) is 4.79 Å². The number of ketones is 1. The predicted octanol–water partition coefficient (Wildman–Crippen LogP) is 3.59. The first kappa shape index (κ1) is 13.1. The second-order valence-electron chi connectivity index (χ2n) is 7.80. The average molecular weight is 238 g/mol. The second-order valence-corrected chi connectivity index (χ2v) is 7.80. The minimum absolute atomic E-state index is 0.0325. The van der Waals surface area contributed by atoms with Gasteiger partial charge in [0.2, 0.25) is 0 Å². The van der Waals surface area contributed by atoms with Crippen LogP contribution in [0.4, 0.5) is 0 Å². The van der Waals surface area contributed by atoms with Crippen LogP contribution in [-0.2, 0) is 9.53 Å².